The van der Waals surface area contributed by atoms with Gasteiger partial charge >= 0.3 is 12.1 Å². The van der Waals surface area contributed by atoms with E-state index < -0.39 is 23.5 Å². The van der Waals surface area contributed by atoms with Crippen molar-refractivity contribution in [2.75, 3.05) is 51.3 Å². The summed E-state index contributed by atoms with van der Waals surface area (Å²) in [6.07, 6.45) is 0.986. The standard InChI is InChI=1S/C25H26ClF2N5O4/c1-31-7-3-4-14(31)13-37-24-29-22-15(23(30-24)32-8-10-33(11-9-32)25(35)36)12-16(26)19(21(22)28)20-17(27)5-2-6-18(20)34/h2,5-6,12,14,34H,3-4,7-11,13H2,1H3,(H,35,36)/t14-/m0/s1. The fraction of sp³-hybridized carbons (Fsp3) is 0.400. The fourth-order valence-corrected chi connectivity index (χ4v) is 5.21. The molecule has 0 saturated carbocycles. The molecule has 196 valence electrons. The number of benzene rings is 2. The highest BCUT2D eigenvalue weighted by Gasteiger charge is 2.28. The van der Waals surface area contributed by atoms with Gasteiger partial charge in [0.25, 0.3) is 0 Å². The number of anilines is 1. The molecule has 0 aliphatic carbocycles. The first-order chi connectivity index (χ1) is 17.7. The quantitative estimate of drug-likeness (QED) is 0.503. The van der Waals surface area contributed by atoms with Crippen LogP contribution in [-0.4, -0.2) is 88.5 Å². The number of fused-ring (bicyclic) bond motifs is 1. The molecule has 2 aromatic carbocycles. The second-order valence-electron chi connectivity index (χ2n) is 9.25. The first kappa shape index (κ1) is 25.2. The third kappa shape index (κ3) is 4.80. The molecular weight excluding hydrogens is 508 g/mol. The molecule has 9 nitrogen and oxygen atoms in total. The summed E-state index contributed by atoms with van der Waals surface area (Å²) in [5.41, 5.74) is -0.814. The molecule has 0 unspecified atom stereocenters. The van der Waals surface area contributed by atoms with Crippen molar-refractivity contribution in [3.63, 3.8) is 0 Å². The van der Waals surface area contributed by atoms with Gasteiger partial charge in [-0.1, -0.05) is 17.7 Å². The fourth-order valence-electron chi connectivity index (χ4n) is 4.93. The summed E-state index contributed by atoms with van der Waals surface area (Å²) in [4.78, 5) is 25.5. The molecule has 3 heterocycles. The van der Waals surface area contributed by atoms with Crippen molar-refractivity contribution < 1.29 is 28.5 Å². The van der Waals surface area contributed by atoms with Crippen LogP contribution in [0.1, 0.15) is 12.8 Å². The maximum absolute atomic E-state index is 16.1. The molecule has 2 fully saturated rings. The van der Waals surface area contributed by atoms with Crippen LogP contribution in [0.5, 0.6) is 11.8 Å². The normalized spacial score (nSPS) is 18.5. The van der Waals surface area contributed by atoms with Crippen LogP contribution in [0.3, 0.4) is 0 Å². The summed E-state index contributed by atoms with van der Waals surface area (Å²) >= 11 is 6.45. The third-order valence-electron chi connectivity index (χ3n) is 7.01. The van der Waals surface area contributed by atoms with Gasteiger partial charge in [-0.3, -0.25) is 0 Å². The number of nitrogens with zero attached hydrogens (tertiary/aromatic N) is 5. The smallest absolute Gasteiger partial charge is 0.407 e. The van der Waals surface area contributed by atoms with Gasteiger partial charge in [-0.25, -0.2) is 13.6 Å². The lowest BCUT2D eigenvalue weighted by Gasteiger charge is -2.34. The number of rotatable bonds is 5. The SMILES string of the molecule is CN1CCC[C@H]1COc1nc(N2CCN(C(=O)O)CC2)c2cc(Cl)c(-c3c(O)cccc3F)c(F)c2n1. The summed E-state index contributed by atoms with van der Waals surface area (Å²) in [6, 6.07) is 5.22. The van der Waals surface area contributed by atoms with E-state index in [9.17, 15) is 19.4 Å². The van der Waals surface area contributed by atoms with Crippen LogP contribution >= 0.6 is 11.6 Å². The first-order valence-electron chi connectivity index (χ1n) is 12.0. The Kier molecular flexibility index (Phi) is 6.91. The van der Waals surface area contributed by atoms with E-state index in [0.29, 0.717) is 25.5 Å². The van der Waals surface area contributed by atoms with E-state index in [1.54, 1.807) is 0 Å². The molecule has 0 spiro atoms. The van der Waals surface area contributed by atoms with E-state index in [0.717, 1.165) is 25.5 Å². The first-order valence-corrected chi connectivity index (χ1v) is 12.4. The summed E-state index contributed by atoms with van der Waals surface area (Å²) in [7, 11) is 2.00. The number of amides is 1. The number of phenolic OH excluding ortho intramolecular Hbond substituents is 1. The molecule has 1 atom stereocenters. The molecule has 3 aromatic rings. The minimum atomic E-state index is -1.01. The van der Waals surface area contributed by atoms with E-state index >= 15 is 4.39 Å². The van der Waals surface area contributed by atoms with Gasteiger partial charge in [0.05, 0.1) is 10.6 Å². The molecule has 1 aromatic heterocycles. The van der Waals surface area contributed by atoms with Crippen molar-refractivity contribution in [1.29, 1.82) is 0 Å². The van der Waals surface area contributed by atoms with E-state index in [-0.39, 0.29) is 52.2 Å². The molecule has 12 heteroatoms. The highest BCUT2D eigenvalue weighted by molar-refractivity contribution is 6.34. The lowest BCUT2D eigenvalue weighted by molar-refractivity contribution is 0.142. The second kappa shape index (κ2) is 10.1. The van der Waals surface area contributed by atoms with Crippen molar-refractivity contribution in [2.24, 2.45) is 0 Å². The van der Waals surface area contributed by atoms with Crippen molar-refractivity contribution >= 4 is 34.4 Å². The molecule has 37 heavy (non-hydrogen) atoms. The van der Waals surface area contributed by atoms with Crippen LogP contribution in [0.4, 0.5) is 19.4 Å². The number of hydrogen-bond donors (Lipinski definition) is 2. The Balaban J connectivity index is 1.61. The summed E-state index contributed by atoms with van der Waals surface area (Å²) < 4.78 is 36.6. The van der Waals surface area contributed by atoms with Crippen molar-refractivity contribution in [1.82, 2.24) is 19.8 Å². The van der Waals surface area contributed by atoms with Gasteiger partial charge < -0.3 is 29.6 Å². The molecule has 2 saturated heterocycles. The van der Waals surface area contributed by atoms with Gasteiger partial charge in [-0.15, -0.1) is 0 Å². The van der Waals surface area contributed by atoms with E-state index in [4.69, 9.17) is 16.3 Å². The Morgan fingerprint density at radius 2 is 1.92 bits per heavy atom. The Hall–Kier alpha value is -3.44. The van der Waals surface area contributed by atoms with Crippen molar-refractivity contribution in [3.05, 3.63) is 40.9 Å². The number of aromatic nitrogens is 2. The summed E-state index contributed by atoms with van der Waals surface area (Å²) in [6.45, 7) is 2.37. The zero-order chi connectivity index (χ0) is 26.3. The van der Waals surface area contributed by atoms with Gasteiger partial charge in [0.15, 0.2) is 5.82 Å². The van der Waals surface area contributed by atoms with Crippen LogP contribution in [0.2, 0.25) is 5.02 Å². The Morgan fingerprint density at radius 1 is 1.16 bits per heavy atom. The maximum Gasteiger partial charge on any atom is 0.407 e. The number of carboxylic acid groups (broad SMARTS) is 1. The number of piperazine rings is 1. The highest BCUT2D eigenvalue weighted by Crippen LogP contribution is 2.42. The molecule has 1 amide bonds. The predicted molar refractivity (Wildman–Crippen MR) is 135 cm³/mol. The van der Waals surface area contributed by atoms with Gasteiger partial charge in [0.2, 0.25) is 0 Å². The number of hydrogen-bond acceptors (Lipinski definition) is 7. The van der Waals surface area contributed by atoms with Gasteiger partial charge in [-0.05, 0) is 44.6 Å². The zero-order valence-corrected chi connectivity index (χ0v) is 20.9. The van der Waals surface area contributed by atoms with Gasteiger partial charge in [0.1, 0.15) is 29.5 Å². The Bertz CT molecular complexity index is 1330. The molecule has 5 rings (SSSR count). The zero-order valence-electron chi connectivity index (χ0n) is 20.1. The number of phenols is 1. The number of carbonyl (C=O) groups is 1. The van der Waals surface area contributed by atoms with Crippen molar-refractivity contribution in [2.45, 2.75) is 18.9 Å². The van der Waals surface area contributed by atoms with Gasteiger partial charge in [0, 0.05) is 43.2 Å². The number of aromatic hydroxyl groups is 1. The maximum atomic E-state index is 16.1. The minimum Gasteiger partial charge on any atom is -0.507 e. The van der Waals surface area contributed by atoms with Crippen LogP contribution < -0.4 is 9.64 Å². The van der Waals surface area contributed by atoms with E-state index in [1.165, 1.54) is 23.1 Å². The van der Waals surface area contributed by atoms with Crippen molar-refractivity contribution in [3.8, 4) is 22.9 Å². The van der Waals surface area contributed by atoms with E-state index in [1.807, 2.05) is 11.9 Å². The third-order valence-corrected chi connectivity index (χ3v) is 7.31. The monoisotopic (exact) mass is 533 g/mol. The lowest BCUT2D eigenvalue weighted by Crippen LogP contribution is -2.48. The minimum absolute atomic E-state index is 0.0478. The van der Waals surface area contributed by atoms with Gasteiger partial charge in [-0.2, -0.15) is 9.97 Å². The molecular formula is C25H26ClF2N5O4. The van der Waals surface area contributed by atoms with Crippen LogP contribution in [-0.2, 0) is 0 Å². The summed E-state index contributed by atoms with van der Waals surface area (Å²) in [5.74, 6) is -1.87. The molecule has 0 bridgehead atoms. The second-order valence-corrected chi connectivity index (χ2v) is 9.66. The number of halogens is 3. The molecule has 0 radical (unpaired) electrons. The topological polar surface area (TPSA) is 102 Å². The van der Waals surface area contributed by atoms with Crippen LogP contribution in [0.25, 0.3) is 22.0 Å². The lowest BCUT2D eigenvalue weighted by atomic mass is 10.0. The largest absolute Gasteiger partial charge is 0.507 e. The Morgan fingerprint density at radius 3 is 2.57 bits per heavy atom. The number of ether oxygens (including phenoxy) is 1. The van der Waals surface area contributed by atoms with E-state index in [2.05, 4.69) is 14.9 Å². The highest BCUT2D eigenvalue weighted by atomic mass is 35.5. The average molecular weight is 534 g/mol. The average Bonchev–Trinajstić information content (AvgIpc) is 3.29. The molecule has 2 N–H and O–H groups in total. The predicted octanol–water partition coefficient (Wildman–Crippen LogP) is 4.21. The van der Waals surface area contributed by atoms with Crippen LogP contribution in [0, 0.1) is 11.6 Å². The van der Waals surface area contributed by atoms with Crippen LogP contribution in [0.15, 0.2) is 24.3 Å². The summed E-state index contributed by atoms with van der Waals surface area (Å²) in [5, 5.41) is 19.7. The number of likely N-dealkylation sites (tertiary alicyclic amines) is 1. The number of likely N-dealkylation sites (N-methyl/N-ethyl adjacent to an activating group) is 1. The molecule has 2 aliphatic heterocycles. The Labute approximate surface area is 216 Å². The molecule has 2 aliphatic rings.